The summed E-state index contributed by atoms with van der Waals surface area (Å²) in [6.07, 6.45) is -5.18. The van der Waals surface area contributed by atoms with Crippen molar-refractivity contribution in [3.63, 3.8) is 0 Å². The van der Waals surface area contributed by atoms with Gasteiger partial charge in [-0.15, -0.1) is 0 Å². The van der Waals surface area contributed by atoms with Crippen LogP contribution in [0.1, 0.15) is 63.7 Å². The number of hydrogen-bond donors (Lipinski definition) is 0. The first-order valence-corrected chi connectivity index (χ1v) is 14.1. The molecule has 1 rings (SSSR count). The first-order valence-electron chi connectivity index (χ1n) is 11.2. The standard InChI is InChI=1S/C21H31F5N2O5S2/c1-5-12-27(13-6-2)34(30,31)17-11-9-10-16(19(29)20(22,23)21(24,25)26)18(17)35(32,33)28(14-7-3)15-8-4/h9-11H,5-8,12-15H2,1-4H3. The molecule has 0 aliphatic carbocycles. The largest absolute Gasteiger partial charge is 0.461 e. The Balaban J connectivity index is 4.12. The maximum atomic E-state index is 14.1. The van der Waals surface area contributed by atoms with Crippen molar-refractivity contribution in [2.24, 2.45) is 0 Å². The Morgan fingerprint density at radius 3 is 1.51 bits per heavy atom. The minimum Gasteiger partial charge on any atom is -0.287 e. The molecule has 0 saturated carbocycles. The highest BCUT2D eigenvalue weighted by molar-refractivity contribution is 7.92. The Morgan fingerprint density at radius 2 is 1.14 bits per heavy atom. The average Bonchev–Trinajstić information content (AvgIpc) is 2.76. The van der Waals surface area contributed by atoms with E-state index >= 15 is 0 Å². The lowest BCUT2D eigenvalue weighted by Crippen LogP contribution is -2.45. The smallest absolute Gasteiger partial charge is 0.287 e. The quantitative estimate of drug-likeness (QED) is 0.248. The van der Waals surface area contributed by atoms with Gasteiger partial charge in [-0.25, -0.2) is 16.8 Å². The van der Waals surface area contributed by atoms with E-state index in [1.165, 1.54) is 0 Å². The van der Waals surface area contributed by atoms with Gasteiger partial charge in [-0.05, 0) is 37.8 Å². The lowest BCUT2D eigenvalue weighted by molar-refractivity contribution is -0.255. The first-order chi connectivity index (χ1) is 16.0. The van der Waals surface area contributed by atoms with Gasteiger partial charge in [-0.3, -0.25) is 4.79 Å². The van der Waals surface area contributed by atoms with Crippen LogP contribution < -0.4 is 0 Å². The van der Waals surface area contributed by atoms with Crippen molar-refractivity contribution in [2.75, 3.05) is 26.2 Å². The van der Waals surface area contributed by atoms with Crippen LogP contribution in [-0.4, -0.2) is 69.5 Å². The number of Topliss-reactive ketones (excluding diaryl/α,β-unsaturated/α-hetero) is 1. The summed E-state index contributed by atoms with van der Waals surface area (Å²) < 4.78 is 123. The van der Waals surface area contributed by atoms with Crippen LogP contribution in [0.15, 0.2) is 28.0 Å². The summed E-state index contributed by atoms with van der Waals surface area (Å²) in [5.74, 6) is -8.78. The van der Waals surface area contributed by atoms with E-state index in [-0.39, 0.29) is 39.0 Å². The van der Waals surface area contributed by atoms with Crippen molar-refractivity contribution in [3.05, 3.63) is 23.8 Å². The van der Waals surface area contributed by atoms with E-state index in [1.54, 1.807) is 27.7 Å². The van der Waals surface area contributed by atoms with Crippen molar-refractivity contribution in [1.29, 1.82) is 0 Å². The summed E-state index contributed by atoms with van der Waals surface area (Å²) in [4.78, 5) is 10.1. The van der Waals surface area contributed by atoms with E-state index in [0.717, 1.165) is 20.7 Å². The monoisotopic (exact) mass is 550 g/mol. The van der Waals surface area contributed by atoms with Crippen LogP contribution in [0.2, 0.25) is 0 Å². The maximum absolute atomic E-state index is 14.1. The van der Waals surface area contributed by atoms with Gasteiger partial charge in [0.2, 0.25) is 25.8 Å². The van der Waals surface area contributed by atoms with Crippen LogP contribution in [0.4, 0.5) is 22.0 Å². The van der Waals surface area contributed by atoms with Crippen LogP contribution in [0.25, 0.3) is 0 Å². The lowest BCUT2D eigenvalue weighted by Gasteiger charge is -2.27. The number of alkyl halides is 5. The van der Waals surface area contributed by atoms with E-state index < -0.39 is 53.3 Å². The Bertz CT molecular complexity index is 1080. The number of carbonyl (C=O) groups is 1. The highest BCUT2D eigenvalue weighted by Gasteiger charge is 2.64. The Morgan fingerprint density at radius 1 is 0.743 bits per heavy atom. The number of rotatable bonds is 14. The van der Waals surface area contributed by atoms with Crippen molar-refractivity contribution >= 4 is 25.8 Å². The molecule has 1 aromatic carbocycles. The summed E-state index contributed by atoms with van der Waals surface area (Å²) >= 11 is 0. The van der Waals surface area contributed by atoms with Crippen molar-refractivity contribution in [3.8, 4) is 0 Å². The van der Waals surface area contributed by atoms with Crippen molar-refractivity contribution in [2.45, 2.75) is 75.3 Å². The number of hydrogen-bond acceptors (Lipinski definition) is 5. The SMILES string of the molecule is CCCN(CCC)S(=O)(=O)c1cccc(C(=O)C(F)(F)C(F)(F)F)c1S(=O)(=O)N(CCC)CCC. The van der Waals surface area contributed by atoms with Gasteiger partial charge in [0.25, 0.3) is 0 Å². The molecule has 35 heavy (non-hydrogen) atoms. The Labute approximate surface area is 203 Å². The fourth-order valence-corrected chi connectivity index (χ4v) is 7.65. The van der Waals surface area contributed by atoms with E-state index in [0.29, 0.717) is 18.9 Å². The van der Waals surface area contributed by atoms with Crippen molar-refractivity contribution < 1.29 is 43.6 Å². The number of carbonyl (C=O) groups excluding carboxylic acids is 1. The maximum Gasteiger partial charge on any atom is 0.461 e. The zero-order valence-electron chi connectivity index (χ0n) is 20.0. The highest BCUT2D eigenvalue weighted by Crippen LogP contribution is 2.41. The Kier molecular flexibility index (Phi) is 10.8. The summed E-state index contributed by atoms with van der Waals surface area (Å²) in [6.45, 7) is 6.08. The number of benzene rings is 1. The van der Waals surface area contributed by atoms with Crippen LogP contribution in [0.3, 0.4) is 0 Å². The van der Waals surface area contributed by atoms with Gasteiger partial charge in [-0.2, -0.15) is 30.6 Å². The second-order valence-corrected chi connectivity index (χ2v) is 11.6. The molecule has 0 bridgehead atoms. The highest BCUT2D eigenvalue weighted by atomic mass is 32.2. The molecule has 0 heterocycles. The molecule has 7 nitrogen and oxygen atoms in total. The predicted molar refractivity (Wildman–Crippen MR) is 120 cm³/mol. The van der Waals surface area contributed by atoms with Gasteiger partial charge in [0.05, 0.1) is 0 Å². The third-order valence-corrected chi connectivity index (χ3v) is 9.04. The first kappa shape index (κ1) is 31.4. The molecular weight excluding hydrogens is 519 g/mol. The topological polar surface area (TPSA) is 91.8 Å². The third kappa shape index (κ3) is 6.57. The van der Waals surface area contributed by atoms with Gasteiger partial charge in [0, 0.05) is 31.7 Å². The molecule has 1 aromatic rings. The fourth-order valence-electron chi connectivity index (χ4n) is 3.43. The summed E-state index contributed by atoms with van der Waals surface area (Å²) in [5, 5.41) is 0. The van der Waals surface area contributed by atoms with Gasteiger partial charge in [-0.1, -0.05) is 33.8 Å². The molecule has 14 heteroatoms. The molecule has 0 amide bonds. The molecule has 202 valence electrons. The van der Waals surface area contributed by atoms with E-state index in [1.807, 2.05) is 0 Å². The average molecular weight is 551 g/mol. The molecule has 0 N–H and O–H groups in total. The minimum absolute atomic E-state index is 0.0554. The van der Waals surface area contributed by atoms with Crippen LogP contribution in [-0.2, 0) is 20.0 Å². The molecule has 0 aliphatic heterocycles. The van der Waals surface area contributed by atoms with Crippen molar-refractivity contribution in [1.82, 2.24) is 8.61 Å². The van der Waals surface area contributed by atoms with E-state index in [2.05, 4.69) is 0 Å². The molecule has 0 aliphatic rings. The predicted octanol–water partition coefficient (Wildman–Crippen LogP) is 4.69. The molecule has 0 spiro atoms. The molecule has 0 atom stereocenters. The number of nitrogens with zero attached hydrogens (tertiary/aromatic N) is 2. The van der Waals surface area contributed by atoms with Crippen LogP contribution in [0.5, 0.6) is 0 Å². The third-order valence-electron chi connectivity index (χ3n) is 4.97. The molecule has 0 aromatic heterocycles. The zero-order chi connectivity index (χ0) is 27.2. The Hall–Kier alpha value is -1.64. The molecular formula is C21H31F5N2O5S2. The fraction of sp³-hybridized carbons (Fsp3) is 0.667. The van der Waals surface area contributed by atoms with Gasteiger partial charge in [0.1, 0.15) is 9.79 Å². The summed E-state index contributed by atoms with van der Waals surface area (Å²) in [7, 11) is -9.67. The zero-order valence-corrected chi connectivity index (χ0v) is 21.7. The van der Waals surface area contributed by atoms with E-state index in [9.17, 15) is 43.6 Å². The minimum atomic E-state index is -6.32. The molecule has 0 fully saturated rings. The summed E-state index contributed by atoms with van der Waals surface area (Å²) in [5.41, 5.74) is -1.53. The van der Waals surface area contributed by atoms with Gasteiger partial charge in [0.15, 0.2) is 0 Å². The molecule has 0 radical (unpaired) electrons. The van der Waals surface area contributed by atoms with Gasteiger partial charge >= 0.3 is 12.1 Å². The number of sulfonamides is 2. The second kappa shape index (κ2) is 12.1. The number of ketones is 1. The van der Waals surface area contributed by atoms with Crippen LogP contribution in [0, 0.1) is 0 Å². The normalized spacial score (nSPS) is 13.6. The van der Waals surface area contributed by atoms with E-state index in [4.69, 9.17) is 0 Å². The van der Waals surface area contributed by atoms with Gasteiger partial charge < -0.3 is 0 Å². The van der Waals surface area contributed by atoms with Crippen LogP contribution >= 0.6 is 0 Å². The molecule has 0 saturated heterocycles. The lowest BCUT2D eigenvalue weighted by atomic mass is 10.1. The second-order valence-electron chi connectivity index (χ2n) is 7.84. The summed E-state index contributed by atoms with van der Waals surface area (Å²) in [6, 6.07) is 2.07. The number of halogens is 5. The molecule has 0 unspecified atom stereocenters.